The summed E-state index contributed by atoms with van der Waals surface area (Å²) >= 11 is 5.94. The van der Waals surface area contributed by atoms with Crippen LogP contribution in [-0.4, -0.2) is 18.0 Å². The minimum Gasteiger partial charge on any atom is -0.285 e. The normalized spacial score (nSPS) is 12.5. The summed E-state index contributed by atoms with van der Waals surface area (Å²) < 4.78 is 13.7. The van der Waals surface area contributed by atoms with Crippen LogP contribution >= 0.6 is 11.6 Å². The molecule has 0 radical (unpaired) electrons. The molecule has 0 fully saturated rings. The monoisotopic (exact) mass is 240 g/mol. The van der Waals surface area contributed by atoms with Gasteiger partial charge in [0.1, 0.15) is 11.9 Å². The Morgan fingerprint density at radius 1 is 1.44 bits per heavy atom. The van der Waals surface area contributed by atoms with Crippen LogP contribution in [0.15, 0.2) is 18.2 Å². The molecule has 0 N–H and O–H groups in total. The second-order valence-corrected chi connectivity index (χ2v) is 3.80. The van der Waals surface area contributed by atoms with Crippen LogP contribution < -0.4 is 0 Å². The van der Waals surface area contributed by atoms with Gasteiger partial charge in [0.15, 0.2) is 0 Å². The molecule has 1 unspecified atom stereocenters. The van der Waals surface area contributed by atoms with E-state index < -0.39 is 11.9 Å². The average Bonchev–Trinajstić information content (AvgIpc) is 2.28. The Hall–Kier alpha value is -1.11. The molecule has 0 heterocycles. The second kappa shape index (κ2) is 5.83. The molecule has 2 nitrogen and oxygen atoms in total. The number of rotatable bonds is 4. The largest absolute Gasteiger partial charge is 0.285 e. The van der Waals surface area contributed by atoms with Crippen molar-refractivity contribution in [2.75, 3.05) is 13.1 Å². The molecule has 0 aromatic heterocycles. The molecule has 86 valence electrons. The van der Waals surface area contributed by atoms with E-state index in [1.54, 1.807) is 6.07 Å². The van der Waals surface area contributed by atoms with Crippen molar-refractivity contribution in [1.82, 2.24) is 4.90 Å². The second-order valence-electron chi connectivity index (χ2n) is 3.39. The van der Waals surface area contributed by atoms with Crippen molar-refractivity contribution < 1.29 is 4.39 Å². The van der Waals surface area contributed by atoms with E-state index in [-0.39, 0.29) is 5.56 Å². The summed E-state index contributed by atoms with van der Waals surface area (Å²) in [4.78, 5) is 1.87. The molecule has 0 spiro atoms. The van der Waals surface area contributed by atoms with E-state index in [4.69, 9.17) is 16.9 Å². The van der Waals surface area contributed by atoms with Gasteiger partial charge in [0.25, 0.3) is 0 Å². The number of nitriles is 1. The first-order valence-electron chi connectivity index (χ1n) is 5.23. The SMILES string of the molecule is CCN(CC)C(C#N)c1c(F)cccc1Cl. The van der Waals surface area contributed by atoms with E-state index in [2.05, 4.69) is 6.07 Å². The highest BCUT2D eigenvalue weighted by Crippen LogP contribution is 2.29. The van der Waals surface area contributed by atoms with Gasteiger partial charge in [-0.3, -0.25) is 4.90 Å². The molecule has 1 aromatic carbocycles. The number of benzene rings is 1. The summed E-state index contributed by atoms with van der Waals surface area (Å²) in [6.45, 7) is 5.23. The van der Waals surface area contributed by atoms with Gasteiger partial charge in [0, 0.05) is 10.6 Å². The highest BCUT2D eigenvalue weighted by atomic mass is 35.5. The number of nitrogens with zero attached hydrogens (tertiary/aromatic N) is 2. The van der Waals surface area contributed by atoms with Crippen LogP contribution in [0.5, 0.6) is 0 Å². The van der Waals surface area contributed by atoms with Crippen molar-refractivity contribution in [3.63, 3.8) is 0 Å². The average molecular weight is 241 g/mol. The van der Waals surface area contributed by atoms with E-state index in [1.807, 2.05) is 18.7 Å². The van der Waals surface area contributed by atoms with Crippen LogP contribution in [0, 0.1) is 17.1 Å². The molecule has 0 amide bonds. The van der Waals surface area contributed by atoms with E-state index in [9.17, 15) is 4.39 Å². The first-order valence-corrected chi connectivity index (χ1v) is 5.61. The van der Waals surface area contributed by atoms with Crippen molar-refractivity contribution in [3.8, 4) is 6.07 Å². The molecule has 1 atom stereocenters. The highest BCUT2D eigenvalue weighted by Gasteiger charge is 2.23. The molecule has 0 bridgehead atoms. The van der Waals surface area contributed by atoms with Crippen molar-refractivity contribution in [2.24, 2.45) is 0 Å². The lowest BCUT2D eigenvalue weighted by atomic mass is 10.1. The minimum absolute atomic E-state index is 0.273. The first kappa shape index (κ1) is 13.0. The Morgan fingerprint density at radius 3 is 2.50 bits per heavy atom. The third-order valence-electron chi connectivity index (χ3n) is 2.57. The summed E-state index contributed by atoms with van der Waals surface area (Å²) in [7, 11) is 0. The summed E-state index contributed by atoms with van der Waals surface area (Å²) in [6, 6.07) is 5.95. The Bertz CT molecular complexity index is 376. The van der Waals surface area contributed by atoms with Crippen LogP contribution in [-0.2, 0) is 0 Å². The molecule has 0 aliphatic rings. The number of hydrogen-bond acceptors (Lipinski definition) is 2. The van der Waals surface area contributed by atoms with Crippen molar-refractivity contribution in [2.45, 2.75) is 19.9 Å². The predicted molar refractivity (Wildman–Crippen MR) is 62.7 cm³/mol. The Labute approximate surface area is 100 Å². The van der Waals surface area contributed by atoms with Crippen LogP contribution in [0.1, 0.15) is 25.5 Å². The number of hydrogen-bond donors (Lipinski definition) is 0. The molecule has 0 aliphatic heterocycles. The molecular formula is C12H14ClFN2. The lowest BCUT2D eigenvalue weighted by Crippen LogP contribution is -2.28. The van der Waals surface area contributed by atoms with Gasteiger partial charge in [0.2, 0.25) is 0 Å². The summed E-state index contributed by atoms with van der Waals surface area (Å²) in [5.41, 5.74) is 0.273. The topological polar surface area (TPSA) is 27.0 Å². The molecule has 1 rings (SSSR count). The molecule has 16 heavy (non-hydrogen) atoms. The lowest BCUT2D eigenvalue weighted by molar-refractivity contribution is 0.258. The van der Waals surface area contributed by atoms with Crippen LogP contribution in [0.3, 0.4) is 0 Å². The van der Waals surface area contributed by atoms with Crippen LogP contribution in [0.25, 0.3) is 0 Å². The molecule has 4 heteroatoms. The predicted octanol–water partition coefficient (Wildman–Crippen LogP) is 3.39. The number of halogens is 2. The Balaban J connectivity index is 3.19. The highest BCUT2D eigenvalue weighted by molar-refractivity contribution is 6.31. The smallest absolute Gasteiger partial charge is 0.130 e. The molecule has 0 saturated heterocycles. The van der Waals surface area contributed by atoms with E-state index in [0.717, 1.165) is 0 Å². The van der Waals surface area contributed by atoms with Crippen LogP contribution in [0.2, 0.25) is 5.02 Å². The van der Waals surface area contributed by atoms with Crippen molar-refractivity contribution >= 4 is 11.6 Å². The molecule has 1 aromatic rings. The fraction of sp³-hybridized carbons (Fsp3) is 0.417. The van der Waals surface area contributed by atoms with Gasteiger partial charge in [-0.1, -0.05) is 31.5 Å². The van der Waals surface area contributed by atoms with Crippen molar-refractivity contribution in [3.05, 3.63) is 34.6 Å². The van der Waals surface area contributed by atoms with Gasteiger partial charge < -0.3 is 0 Å². The van der Waals surface area contributed by atoms with Crippen molar-refractivity contribution in [1.29, 1.82) is 5.26 Å². The first-order chi connectivity index (χ1) is 7.65. The third-order valence-corrected chi connectivity index (χ3v) is 2.90. The maximum atomic E-state index is 13.7. The van der Waals surface area contributed by atoms with Gasteiger partial charge >= 0.3 is 0 Å². The summed E-state index contributed by atoms with van der Waals surface area (Å²) in [5.74, 6) is -0.425. The van der Waals surface area contributed by atoms with Gasteiger partial charge in [-0.05, 0) is 25.2 Å². The Morgan fingerprint density at radius 2 is 2.06 bits per heavy atom. The summed E-state index contributed by atoms with van der Waals surface area (Å²) in [6.07, 6.45) is 0. The minimum atomic E-state index is -0.622. The van der Waals surface area contributed by atoms with Gasteiger partial charge in [-0.25, -0.2) is 4.39 Å². The fourth-order valence-corrected chi connectivity index (χ4v) is 1.96. The quantitative estimate of drug-likeness (QED) is 0.807. The van der Waals surface area contributed by atoms with E-state index in [0.29, 0.717) is 18.1 Å². The van der Waals surface area contributed by atoms with Gasteiger partial charge in [0.05, 0.1) is 6.07 Å². The van der Waals surface area contributed by atoms with Gasteiger partial charge in [-0.15, -0.1) is 0 Å². The fourth-order valence-electron chi connectivity index (χ4n) is 1.69. The zero-order chi connectivity index (χ0) is 12.1. The zero-order valence-electron chi connectivity index (χ0n) is 9.37. The standard InChI is InChI=1S/C12H14ClFN2/c1-3-16(4-2)11(8-15)12-9(13)6-5-7-10(12)14/h5-7,11H,3-4H2,1-2H3. The maximum Gasteiger partial charge on any atom is 0.130 e. The zero-order valence-corrected chi connectivity index (χ0v) is 10.1. The Kier molecular flexibility index (Phi) is 4.72. The maximum absolute atomic E-state index is 13.7. The lowest BCUT2D eigenvalue weighted by Gasteiger charge is -2.25. The van der Waals surface area contributed by atoms with E-state index >= 15 is 0 Å². The summed E-state index contributed by atoms with van der Waals surface area (Å²) in [5, 5.41) is 9.45. The molecular weight excluding hydrogens is 227 g/mol. The van der Waals surface area contributed by atoms with Crippen LogP contribution in [0.4, 0.5) is 4.39 Å². The third kappa shape index (κ3) is 2.52. The van der Waals surface area contributed by atoms with Gasteiger partial charge in [-0.2, -0.15) is 5.26 Å². The molecule has 0 aliphatic carbocycles. The molecule has 0 saturated carbocycles. The van der Waals surface area contributed by atoms with E-state index in [1.165, 1.54) is 12.1 Å².